The fourth-order valence-electron chi connectivity index (χ4n) is 18.4. The molecular formula is C108H114N4O21. The van der Waals surface area contributed by atoms with E-state index in [2.05, 4.69) is 36.0 Å². The molecule has 0 bridgehead atoms. The second-order valence-electron chi connectivity index (χ2n) is 39.5. The van der Waals surface area contributed by atoms with Gasteiger partial charge in [-0.2, -0.15) is 0 Å². The summed E-state index contributed by atoms with van der Waals surface area (Å²) in [5.74, 6) is 0.907. The van der Waals surface area contributed by atoms with Gasteiger partial charge in [-0.3, -0.25) is 28.8 Å². The number of benzene rings is 8. The topological polar surface area (TPSA) is 330 Å². The lowest BCUT2D eigenvalue weighted by atomic mass is 9.78. The number of amides is 2. The number of anilines is 1. The summed E-state index contributed by atoms with van der Waals surface area (Å²) in [4.78, 5) is 92.2. The van der Waals surface area contributed by atoms with E-state index in [1.165, 1.54) is 12.2 Å². The van der Waals surface area contributed by atoms with Gasteiger partial charge < -0.3 is 72.2 Å². The number of aliphatic imine (C=N–C) groups is 2. The maximum absolute atomic E-state index is 13.4. The van der Waals surface area contributed by atoms with Crippen LogP contribution in [0.3, 0.4) is 0 Å². The minimum Gasteiger partial charge on any atom is -0.491 e. The number of ketones is 4. The molecule has 8 aliphatic heterocycles. The molecule has 9 heterocycles. The minimum absolute atomic E-state index is 0.0361. The fraction of sp³-hybridized carbons (Fsp3) is 0.398. The summed E-state index contributed by atoms with van der Waals surface area (Å²) in [5.41, 5.74) is 12.2. The molecule has 0 saturated carbocycles. The van der Waals surface area contributed by atoms with Crippen LogP contribution >= 0.6 is 0 Å². The molecule has 4 N–H and O–H groups in total. The zero-order valence-electron chi connectivity index (χ0n) is 77.4. The molecular weight excluding hydrogens is 1690 g/mol. The van der Waals surface area contributed by atoms with Crippen molar-refractivity contribution >= 4 is 108 Å². The van der Waals surface area contributed by atoms with Crippen LogP contribution in [0.2, 0.25) is 0 Å². The molecule has 0 unspecified atom stereocenters. The smallest absolute Gasteiger partial charge is 0.261 e. The minimum atomic E-state index is -1.42. The van der Waals surface area contributed by atoms with Crippen LogP contribution in [-0.4, -0.2) is 159 Å². The first-order chi connectivity index (χ1) is 63.5. The molecule has 9 aromatic rings. The molecule has 0 radical (unpaired) electrons. The van der Waals surface area contributed by atoms with Crippen LogP contribution in [0.4, 0.5) is 17.1 Å². The highest BCUT2D eigenvalue weighted by molar-refractivity contribution is 6.55. The number of hydrogen-bond acceptors (Lipinski definition) is 24. The van der Waals surface area contributed by atoms with Crippen LogP contribution in [0.5, 0.6) is 11.5 Å². The second-order valence-corrected chi connectivity index (χ2v) is 39.5. The summed E-state index contributed by atoms with van der Waals surface area (Å²) >= 11 is 0. The van der Waals surface area contributed by atoms with E-state index in [0.717, 1.165) is 135 Å². The first kappa shape index (κ1) is 92.7. The molecule has 2 spiro atoms. The summed E-state index contributed by atoms with van der Waals surface area (Å²) in [5, 5.41) is 39.2. The number of allylic oxidation sites excluding steroid dienone is 2. The number of hydrogen-bond donors (Lipinski definition) is 4. The van der Waals surface area contributed by atoms with Gasteiger partial charge in [-0.1, -0.05) is 135 Å². The summed E-state index contributed by atoms with van der Waals surface area (Å²) in [6, 6.07) is 52.8. The number of rotatable bonds is 12. The van der Waals surface area contributed by atoms with Gasteiger partial charge >= 0.3 is 0 Å². The number of aliphatic hydroxyl groups is 4. The van der Waals surface area contributed by atoms with Gasteiger partial charge in [-0.25, -0.2) is 19.9 Å². The van der Waals surface area contributed by atoms with Gasteiger partial charge in [0.1, 0.15) is 86.1 Å². The van der Waals surface area contributed by atoms with Gasteiger partial charge in [0, 0.05) is 119 Å². The maximum atomic E-state index is 13.4. The van der Waals surface area contributed by atoms with E-state index in [9.17, 15) is 39.0 Å². The zero-order chi connectivity index (χ0) is 94.0. The number of carbonyl (C=O) groups is 6. The number of imide groups is 1. The van der Waals surface area contributed by atoms with Crippen LogP contribution in [0.25, 0.3) is 44.9 Å². The average molecular weight is 1800 g/mol. The van der Waals surface area contributed by atoms with Crippen molar-refractivity contribution in [2.75, 3.05) is 64.4 Å². The first-order valence-corrected chi connectivity index (χ1v) is 45.9. The molecule has 2 amide bonds. The third kappa shape index (κ3) is 18.3. The third-order valence-corrected chi connectivity index (χ3v) is 26.2. The molecule has 0 atom stereocenters. The van der Waals surface area contributed by atoms with Crippen LogP contribution < -0.4 is 14.4 Å². The Morgan fingerprint density at radius 2 is 0.789 bits per heavy atom. The van der Waals surface area contributed by atoms with E-state index in [-0.39, 0.29) is 122 Å². The summed E-state index contributed by atoms with van der Waals surface area (Å²) in [6.45, 7) is 25.7. The number of aliphatic hydroxyl groups excluding tert-OH is 4. The Hall–Kier alpha value is -12.2. The molecule has 2 saturated heterocycles. The summed E-state index contributed by atoms with van der Waals surface area (Å²) in [7, 11) is 0. The van der Waals surface area contributed by atoms with Crippen molar-refractivity contribution in [2.24, 2.45) is 20.8 Å². The number of carbonyl (C=O) groups excluding carboxylic acids is 6. The van der Waals surface area contributed by atoms with E-state index in [1.807, 2.05) is 178 Å². The third-order valence-electron chi connectivity index (χ3n) is 26.2. The van der Waals surface area contributed by atoms with Gasteiger partial charge in [-0.15, -0.1) is 0 Å². The summed E-state index contributed by atoms with van der Waals surface area (Å²) < 4.78 is 66.7. The average Bonchev–Trinajstić information content (AvgIpc) is 1.33. The Morgan fingerprint density at radius 3 is 1.23 bits per heavy atom. The number of unbranched alkanes of at least 4 members (excludes halogenated alkanes) is 1. The van der Waals surface area contributed by atoms with Gasteiger partial charge in [-0.05, 0) is 195 Å². The van der Waals surface area contributed by atoms with E-state index in [4.69, 9.17) is 67.0 Å². The highest BCUT2D eigenvalue weighted by Crippen LogP contribution is 2.54. The predicted molar refractivity (Wildman–Crippen MR) is 503 cm³/mol. The van der Waals surface area contributed by atoms with Crippen molar-refractivity contribution in [3.63, 3.8) is 0 Å². The fourth-order valence-corrected chi connectivity index (χ4v) is 18.4. The molecule has 4 aliphatic carbocycles. The molecule has 12 aliphatic rings. The molecule has 21 rings (SSSR count). The lowest BCUT2D eigenvalue weighted by Gasteiger charge is -2.47. The van der Waals surface area contributed by atoms with Crippen molar-refractivity contribution in [1.29, 1.82) is 0 Å². The van der Waals surface area contributed by atoms with Gasteiger partial charge in [0.2, 0.25) is 23.1 Å². The number of fused-ring (bicyclic) bond motifs is 16. The molecule has 25 heteroatoms. The number of oxazole rings is 1. The number of Topliss-reactive ketones (excluding diaryl/α,β-unsaturated/α-hetero) is 4. The molecule has 1 aromatic heterocycles. The highest BCUT2D eigenvalue weighted by Gasteiger charge is 2.58. The van der Waals surface area contributed by atoms with Crippen molar-refractivity contribution in [3.8, 4) is 11.5 Å². The second kappa shape index (κ2) is 36.3. The van der Waals surface area contributed by atoms with Gasteiger partial charge in [0.25, 0.3) is 23.4 Å². The largest absolute Gasteiger partial charge is 0.491 e. The number of ether oxygens (including phenoxy) is 10. The lowest BCUT2D eigenvalue weighted by molar-refractivity contribution is -0.295. The maximum Gasteiger partial charge on any atom is 0.261 e. The quantitative estimate of drug-likeness (QED) is 0.0652. The Kier molecular flexibility index (Phi) is 25.3. The zero-order valence-corrected chi connectivity index (χ0v) is 77.4. The Balaban J connectivity index is 0.000000116. The van der Waals surface area contributed by atoms with E-state index >= 15 is 0 Å². The molecule has 133 heavy (non-hydrogen) atoms. The van der Waals surface area contributed by atoms with Gasteiger partial charge in [0.15, 0.2) is 11.5 Å². The monoisotopic (exact) mass is 1800 g/mol. The standard InChI is InChI=1S/C25H20N2O4.C23H23NO4.C20H23NO3.2C20H24O5/c1-25(2)14-13-19-23(30)22(17-5-3-4-6-18(17)24(19)31-25)26-15-7-9-16(10-8-15)27-20(28)11-12-21(27)29;1-23(2)12-11-19-21(26)20(17-5-3-4-6-18(17)22(19)28-23)24-15-7-9-16(10-8-15)27-14-13-25;1-20(2)11-10-15-18(24-20)14-8-4-3-7-13(14)17-19(15)23-16(21-17)9-5-6-12-22;2*1-18(2)9-8-14-16(25-18)13-6-4-5-7-15(13)20(17(14)22)23-11-19(3,10-21)12-24-20/h3-12H,13-14H2,1-2H3;3-10,25H,11-14H2,1-2H3;3-4,7-8,22H,5-6,9-12H2,1-2H3;2*4-7,21H,8-12H2,1-3H3. The molecule has 692 valence electrons. The van der Waals surface area contributed by atoms with Crippen molar-refractivity contribution in [3.05, 3.63) is 260 Å². The van der Waals surface area contributed by atoms with Crippen molar-refractivity contribution < 1.29 is 101 Å². The summed E-state index contributed by atoms with van der Waals surface area (Å²) in [6.07, 6.45) is 12.5. The number of aromatic nitrogens is 1. The number of aryl methyl sites for hydroxylation is 2. The van der Waals surface area contributed by atoms with Crippen LogP contribution in [0.15, 0.2) is 219 Å². The normalized spacial score (nSPS) is 24.5. The van der Waals surface area contributed by atoms with Crippen LogP contribution in [0.1, 0.15) is 210 Å². The number of nitrogens with zero attached hydrogens (tertiary/aromatic N) is 4. The first-order valence-electron chi connectivity index (χ1n) is 45.9. The van der Waals surface area contributed by atoms with E-state index in [0.29, 0.717) is 116 Å². The van der Waals surface area contributed by atoms with E-state index in [1.54, 1.807) is 48.5 Å². The van der Waals surface area contributed by atoms with Crippen molar-refractivity contribution in [1.82, 2.24) is 4.98 Å². The Morgan fingerprint density at radius 1 is 0.406 bits per heavy atom. The van der Waals surface area contributed by atoms with Crippen LogP contribution in [-0.2, 0) is 91.1 Å². The van der Waals surface area contributed by atoms with E-state index < -0.39 is 22.4 Å². The Labute approximate surface area is 773 Å². The highest BCUT2D eigenvalue weighted by atomic mass is 16.7. The Bertz CT molecular complexity index is 6220. The predicted octanol–water partition coefficient (Wildman–Crippen LogP) is 18.1. The molecule has 8 aromatic carbocycles. The van der Waals surface area contributed by atoms with Crippen LogP contribution in [0, 0.1) is 10.8 Å². The lowest BCUT2D eigenvalue weighted by Crippen LogP contribution is -2.55. The SMILES string of the molecule is CC1(C)CCC2=C(O1)c1ccccc1C(=Nc1ccc(N3C(=O)C=CC3=O)cc1)C2=O.CC1(C)CCC2=C(O1)c1ccccc1C(=Nc1ccc(OCCO)cc1)C2=O.CC1(C)CCc2c(c3ccccc3c3nc(CCCCO)oc23)O1.CC1(CO)COC2(OC1)C(=O)C1=C(OC(C)(C)CC1)c1ccccc12.CC1(CO)COC2(OC1)C(=O)C1=C(OC(C)(C)CC1)c1ccccc12. The van der Waals surface area contributed by atoms with Gasteiger partial charge in [0.05, 0.1) is 63.3 Å². The van der Waals surface area contributed by atoms with Crippen molar-refractivity contribution in [2.45, 2.75) is 206 Å². The molecule has 25 nitrogen and oxygen atoms in total. The molecule has 2 fully saturated rings.